The molecule has 2 aromatic rings. The lowest BCUT2D eigenvalue weighted by atomic mass is 10.1. The fourth-order valence-corrected chi connectivity index (χ4v) is 5.13. The highest BCUT2D eigenvalue weighted by molar-refractivity contribution is 7.89. The SMILES string of the molecule is COc1ccc(S(=O)(=O)N(Cc2ccccc2)C(CS)C(C)C)cc1. The van der Waals surface area contributed by atoms with E-state index < -0.39 is 10.0 Å². The van der Waals surface area contributed by atoms with E-state index in [0.29, 0.717) is 18.0 Å². The Hall–Kier alpha value is -1.50. The molecule has 1 unspecified atom stereocenters. The van der Waals surface area contributed by atoms with Crippen molar-refractivity contribution in [3.8, 4) is 5.75 Å². The van der Waals surface area contributed by atoms with Crippen LogP contribution in [0.3, 0.4) is 0 Å². The van der Waals surface area contributed by atoms with Crippen LogP contribution in [0.1, 0.15) is 19.4 Å². The molecular formula is C19H25NO3S2. The Balaban J connectivity index is 2.44. The van der Waals surface area contributed by atoms with Crippen molar-refractivity contribution < 1.29 is 13.2 Å². The van der Waals surface area contributed by atoms with Crippen molar-refractivity contribution in [2.75, 3.05) is 12.9 Å². The second kappa shape index (κ2) is 8.74. The molecule has 0 aliphatic rings. The molecule has 1 atom stereocenters. The van der Waals surface area contributed by atoms with Gasteiger partial charge in [-0.3, -0.25) is 0 Å². The van der Waals surface area contributed by atoms with E-state index in [1.165, 1.54) is 0 Å². The number of benzene rings is 2. The highest BCUT2D eigenvalue weighted by Crippen LogP contribution is 2.26. The number of nitrogens with zero attached hydrogens (tertiary/aromatic N) is 1. The standard InChI is InChI=1S/C19H25NO3S2/c1-15(2)19(14-24)20(13-16-7-5-4-6-8-16)25(21,22)18-11-9-17(23-3)10-12-18/h4-12,15,19,24H,13-14H2,1-3H3. The van der Waals surface area contributed by atoms with Gasteiger partial charge in [0.2, 0.25) is 10.0 Å². The van der Waals surface area contributed by atoms with Gasteiger partial charge in [-0.05, 0) is 35.7 Å². The monoisotopic (exact) mass is 379 g/mol. The zero-order valence-electron chi connectivity index (χ0n) is 14.8. The first kappa shape index (κ1) is 19.8. The van der Waals surface area contributed by atoms with Crippen LogP contribution in [0.25, 0.3) is 0 Å². The predicted octanol–water partition coefficient (Wildman–Crippen LogP) is 3.84. The van der Waals surface area contributed by atoms with Gasteiger partial charge in [0.1, 0.15) is 5.75 Å². The van der Waals surface area contributed by atoms with Gasteiger partial charge in [0.05, 0.1) is 12.0 Å². The first-order chi connectivity index (χ1) is 11.9. The van der Waals surface area contributed by atoms with Gasteiger partial charge in [0, 0.05) is 18.3 Å². The maximum atomic E-state index is 13.3. The summed E-state index contributed by atoms with van der Waals surface area (Å²) >= 11 is 4.41. The molecule has 136 valence electrons. The van der Waals surface area contributed by atoms with E-state index in [9.17, 15) is 8.42 Å². The van der Waals surface area contributed by atoms with E-state index in [1.807, 2.05) is 44.2 Å². The molecule has 0 spiro atoms. The fourth-order valence-electron chi connectivity index (χ4n) is 2.66. The zero-order chi connectivity index (χ0) is 18.4. The Morgan fingerprint density at radius 1 is 1.04 bits per heavy atom. The van der Waals surface area contributed by atoms with Crippen LogP contribution >= 0.6 is 12.6 Å². The largest absolute Gasteiger partial charge is 0.497 e. The molecule has 0 radical (unpaired) electrons. The van der Waals surface area contributed by atoms with Crippen LogP contribution in [0.2, 0.25) is 0 Å². The highest BCUT2D eigenvalue weighted by atomic mass is 32.2. The van der Waals surface area contributed by atoms with E-state index in [-0.39, 0.29) is 16.9 Å². The molecular weight excluding hydrogens is 354 g/mol. The zero-order valence-corrected chi connectivity index (χ0v) is 16.5. The summed E-state index contributed by atoms with van der Waals surface area (Å²) in [6.45, 7) is 4.35. The molecule has 0 fully saturated rings. The van der Waals surface area contributed by atoms with Crippen molar-refractivity contribution in [1.29, 1.82) is 0 Å². The normalized spacial score (nSPS) is 13.2. The van der Waals surface area contributed by atoms with Crippen LogP contribution in [-0.2, 0) is 16.6 Å². The maximum absolute atomic E-state index is 13.3. The van der Waals surface area contributed by atoms with Crippen LogP contribution in [0.15, 0.2) is 59.5 Å². The Bertz CT molecular complexity index is 759. The first-order valence-electron chi connectivity index (χ1n) is 8.20. The Morgan fingerprint density at radius 3 is 2.12 bits per heavy atom. The van der Waals surface area contributed by atoms with Gasteiger partial charge in [0.15, 0.2) is 0 Å². The molecule has 25 heavy (non-hydrogen) atoms. The third-order valence-electron chi connectivity index (χ3n) is 4.17. The molecule has 0 saturated carbocycles. The van der Waals surface area contributed by atoms with E-state index in [0.717, 1.165) is 5.56 Å². The van der Waals surface area contributed by atoms with Crippen LogP contribution in [-0.4, -0.2) is 31.6 Å². The molecule has 0 aliphatic carbocycles. The van der Waals surface area contributed by atoms with Gasteiger partial charge in [-0.25, -0.2) is 8.42 Å². The molecule has 0 amide bonds. The van der Waals surface area contributed by atoms with Gasteiger partial charge in [-0.15, -0.1) is 0 Å². The summed E-state index contributed by atoms with van der Waals surface area (Å²) in [5.41, 5.74) is 0.951. The minimum absolute atomic E-state index is 0.147. The molecule has 0 N–H and O–H groups in total. The molecule has 6 heteroatoms. The maximum Gasteiger partial charge on any atom is 0.243 e. The number of methoxy groups -OCH3 is 1. The third-order valence-corrected chi connectivity index (χ3v) is 6.43. The number of hydrogen-bond acceptors (Lipinski definition) is 4. The minimum atomic E-state index is -3.65. The van der Waals surface area contributed by atoms with E-state index in [2.05, 4.69) is 12.6 Å². The summed E-state index contributed by atoms with van der Waals surface area (Å²) in [5.74, 6) is 1.23. The average Bonchev–Trinajstić information content (AvgIpc) is 2.62. The second-order valence-electron chi connectivity index (χ2n) is 6.21. The summed E-state index contributed by atoms with van der Waals surface area (Å²) < 4.78 is 33.3. The quantitative estimate of drug-likeness (QED) is 0.709. The highest BCUT2D eigenvalue weighted by Gasteiger charge is 2.32. The fraction of sp³-hybridized carbons (Fsp3) is 0.368. The Labute approximate surface area is 156 Å². The smallest absolute Gasteiger partial charge is 0.243 e. The molecule has 0 heterocycles. The Morgan fingerprint density at radius 2 is 1.64 bits per heavy atom. The molecule has 0 aromatic heterocycles. The number of rotatable bonds is 8. The van der Waals surface area contributed by atoms with Gasteiger partial charge in [-0.2, -0.15) is 16.9 Å². The number of thiol groups is 1. The van der Waals surface area contributed by atoms with Crippen LogP contribution in [0, 0.1) is 5.92 Å². The van der Waals surface area contributed by atoms with E-state index in [1.54, 1.807) is 35.7 Å². The minimum Gasteiger partial charge on any atom is -0.497 e. The van der Waals surface area contributed by atoms with Crippen molar-refractivity contribution in [3.05, 3.63) is 60.2 Å². The first-order valence-corrected chi connectivity index (χ1v) is 10.3. The average molecular weight is 380 g/mol. The predicted molar refractivity (Wildman–Crippen MR) is 105 cm³/mol. The lowest BCUT2D eigenvalue weighted by Crippen LogP contribution is -2.44. The molecule has 0 aliphatic heterocycles. The second-order valence-corrected chi connectivity index (χ2v) is 8.46. The van der Waals surface area contributed by atoms with Crippen LogP contribution in [0.4, 0.5) is 0 Å². The lowest BCUT2D eigenvalue weighted by Gasteiger charge is -2.32. The number of hydrogen-bond donors (Lipinski definition) is 1. The van der Waals surface area contributed by atoms with E-state index in [4.69, 9.17) is 4.74 Å². The van der Waals surface area contributed by atoms with Gasteiger partial charge in [-0.1, -0.05) is 44.2 Å². The van der Waals surface area contributed by atoms with Crippen molar-refractivity contribution in [1.82, 2.24) is 4.31 Å². The number of sulfonamides is 1. The van der Waals surface area contributed by atoms with Crippen molar-refractivity contribution in [2.24, 2.45) is 5.92 Å². The molecule has 0 bridgehead atoms. The van der Waals surface area contributed by atoms with Gasteiger partial charge < -0.3 is 4.74 Å². The molecule has 0 saturated heterocycles. The van der Waals surface area contributed by atoms with Gasteiger partial charge >= 0.3 is 0 Å². The Kier molecular flexibility index (Phi) is 6.93. The third kappa shape index (κ3) is 4.77. The molecule has 4 nitrogen and oxygen atoms in total. The van der Waals surface area contributed by atoms with E-state index >= 15 is 0 Å². The van der Waals surface area contributed by atoms with Crippen molar-refractivity contribution >= 4 is 22.7 Å². The lowest BCUT2D eigenvalue weighted by molar-refractivity contribution is 0.275. The summed E-state index contributed by atoms with van der Waals surface area (Å²) in [5, 5.41) is 0. The van der Waals surface area contributed by atoms with Crippen LogP contribution < -0.4 is 4.74 Å². The van der Waals surface area contributed by atoms with Crippen LogP contribution in [0.5, 0.6) is 5.75 Å². The van der Waals surface area contributed by atoms with Crippen molar-refractivity contribution in [2.45, 2.75) is 31.3 Å². The summed E-state index contributed by atoms with van der Waals surface area (Å²) in [6.07, 6.45) is 0. The topological polar surface area (TPSA) is 46.6 Å². The number of ether oxygens (including phenoxy) is 1. The van der Waals surface area contributed by atoms with Crippen molar-refractivity contribution in [3.63, 3.8) is 0 Å². The summed E-state index contributed by atoms with van der Waals surface area (Å²) in [7, 11) is -2.10. The molecule has 2 rings (SSSR count). The summed E-state index contributed by atoms with van der Waals surface area (Å²) in [4.78, 5) is 0.261. The molecule has 2 aromatic carbocycles. The summed E-state index contributed by atoms with van der Waals surface area (Å²) in [6, 6.07) is 15.9. The van der Waals surface area contributed by atoms with Gasteiger partial charge in [0.25, 0.3) is 0 Å².